The molecule has 1 saturated heterocycles. The van der Waals surface area contributed by atoms with Gasteiger partial charge < -0.3 is 15.4 Å². The van der Waals surface area contributed by atoms with Crippen molar-refractivity contribution in [1.29, 1.82) is 0 Å². The van der Waals surface area contributed by atoms with E-state index in [0.29, 0.717) is 11.7 Å². The Hall–Kier alpha value is -2.21. The second-order valence-corrected chi connectivity index (χ2v) is 6.25. The highest BCUT2D eigenvalue weighted by atomic mass is 16.5. The Morgan fingerprint density at radius 2 is 2.04 bits per heavy atom. The number of nitrogens with two attached hydrogens (primary N) is 1. The number of nitrogens with zero attached hydrogens (tertiary/aromatic N) is 4. The zero-order valence-electron chi connectivity index (χ0n) is 13.3. The molecule has 120 valence electrons. The first-order chi connectivity index (χ1) is 11.2. The highest BCUT2D eigenvalue weighted by Gasteiger charge is 2.27. The van der Waals surface area contributed by atoms with Gasteiger partial charge in [0, 0.05) is 30.4 Å². The molecule has 1 unspecified atom stereocenters. The fourth-order valence-corrected chi connectivity index (χ4v) is 3.33. The van der Waals surface area contributed by atoms with E-state index in [1.54, 1.807) is 0 Å². The van der Waals surface area contributed by atoms with E-state index in [1.807, 2.05) is 18.3 Å². The molecule has 1 fully saturated rings. The van der Waals surface area contributed by atoms with Crippen LogP contribution in [0.5, 0.6) is 0 Å². The van der Waals surface area contributed by atoms with Crippen LogP contribution in [0.4, 0.5) is 11.8 Å². The average molecular weight is 311 g/mol. The van der Waals surface area contributed by atoms with E-state index >= 15 is 0 Å². The fourth-order valence-electron chi connectivity index (χ4n) is 3.33. The van der Waals surface area contributed by atoms with Crippen molar-refractivity contribution >= 4 is 11.8 Å². The van der Waals surface area contributed by atoms with Gasteiger partial charge in [-0.1, -0.05) is 6.92 Å². The van der Waals surface area contributed by atoms with Gasteiger partial charge >= 0.3 is 0 Å². The van der Waals surface area contributed by atoms with Crippen LogP contribution in [0.15, 0.2) is 18.3 Å². The summed E-state index contributed by atoms with van der Waals surface area (Å²) in [5.74, 6) is 1.82. The van der Waals surface area contributed by atoms with Gasteiger partial charge in [-0.15, -0.1) is 0 Å². The van der Waals surface area contributed by atoms with Crippen LogP contribution < -0.4 is 10.6 Å². The lowest BCUT2D eigenvalue weighted by Crippen LogP contribution is -2.37. The molecule has 0 saturated carbocycles. The van der Waals surface area contributed by atoms with Crippen molar-refractivity contribution < 1.29 is 4.74 Å². The molecule has 0 aromatic carbocycles. The van der Waals surface area contributed by atoms with Gasteiger partial charge in [0.25, 0.3) is 0 Å². The molecular formula is C17H21N5O. The van der Waals surface area contributed by atoms with E-state index in [0.717, 1.165) is 56.4 Å². The number of hydrogen-bond donors (Lipinski definition) is 1. The standard InChI is InChI=1S/C17H21N5O/c1-11-2-4-13-15(11)20-17(22-6-8-23-9-7-22)21-16(13)12-3-5-14(18)19-10-12/h3,5,10-11H,2,4,6-9H2,1H3,(H2,18,19). The second-order valence-electron chi connectivity index (χ2n) is 6.25. The highest BCUT2D eigenvalue weighted by Crippen LogP contribution is 2.37. The number of aromatic nitrogens is 3. The fraction of sp³-hybridized carbons (Fsp3) is 0.471. The number of hydrogen-bond acceptors (Lipinski definition) is 6. The van der Waals surface area contributed by atoms with Gasteiger partial charge in [-0.3, -0.25) is 0 Å². The van der Waals surface area contributed by atoms with Crippen LogP contribution in [-0.2, 0) is 11.2 Å². The first-order valence-corrected chi connectivity index (χ1v) is 8.18. The smallest absolute Gasteiger partial charge is 0.226 e. The molecular weight excluding hydrogens is 290 g/mol. The van der Waals surface area contributed by atoms with Crippen LogP contribution in [0.25, 0.3) is 11.3 Å². The number of rotatable bonds is 2. The van der Waals surface area contributed by atoms with Gasteiger partial charge in [0.15, 0.2) is 0 Å². The number of pyridine rings is 1. The van der Waals surface area contributed by atoms with Crippen molar-refractivity contribution in [3.63, 3.8) is 0 Å². The number of anilines is 2. The van der Waals surface area contributed by atoms with Crippen LogP contribution in [0.2, 0.25) is 0 Å². The minimum absolute atomic E-state index is 0.480. The molecule has 1 aliphatic heterocycles. The lowest BCUT2D eigenvalue weighted by molar-refractivity contribution is 0.122. The Balaban J connectivity index is 1.82. The van der Waals surface area contributed by atoms with E-state index in [9.17, 15) is 0 Å². The molecule has 2 aromatic heterocycles. The van der Waals surface area contributed by atoms with E-state index in [1.165, 1.54) is 11.3 Å². The zero-order chi connectivity index (χ0) is 15.8. The molecule has 6 heteroatoms. The van der Waals surface area contributed by atoms with Gasteiger partial charge in [-0.2, -0.15) is 0 Å². The third kappa shape index (κ3) is 2.63. The normalized spacial score (nSPS) is 20.6. The molecule has 6 nitrogen and oxygen atoms in total. The molecule has 0 amide bonds. The summed E-state index contributed by atoms with van der Waals surface area (Å²) in [7, 11) is 0. The van der Waals surface area contributed by atoms with Gasteiger partial charge in [0.1, 0.15) is 5.82 Å². The summed E-state index contributed by atoms with van der Waals surface area (Å²) < 4.78 is 5.44. The molecule has 23 heavy (non-hydrogen) atoms. The number of nitrogen functional groups attached to an aromatic ring is 1. The molecule has 3 heterocycles. The van der Waals surface area contributed by atoms with Gasteiger partial charge in [-0.25, -0.2) is 15.0 Å². The van der Waals surface area contributed by atoms with E-state index < -0.39 is 0 Å². The van der Waals surface area contributed by atoms with Crippen LogP contribution in [-0.4, -0.2) is 41.3 Å². The molecule has 2 N–H and O–H groups in total. The molecule has 2 aromatic rings. The molecule has 4 rings (SSSR count). The first kappa shape index (κ1) is 14.4. The number of fused-ring (bicyclic) bond motifs is 1. The minimum atomic E-state index is 0.480. The van der Waals surface area contributed by atoms with E-state index in [-0.39, 0.29) is 0 Å². The first-order valence-electron chi connectivity index (χ1n) is 8.18. The quantitative estimate of drug-likeness (QED) is 0.914. The van der Waals surface area contributed by atoms with Gasteiger partial charge in [0.05, 0.1) is 24.6 Å². The maximum Gasteiger partial charge on any atom is 0.226 e. The summed E-state index contributed by atoms with van der Waals surface area (Å²) in [5, 5.41) is 0. The second kappa shape index (κ2) is 5.77. The Morgan fingerprint density at radius 3 is 2.78 bits per heavy atom. The van der Waals surface area contributed by atoms with Crippen LogP contribution >= 0.6 is 0 Å². The van der Waals surface area contributed by atoms with Crippen molar-refractivity contribution in [1.82, 2.24) is 15.0 Å². The largest absolute Gasteiger partial charge is 0.384 e. The SMILES string of the molecule is CC1CCc2c(-c3ccc(N)nc3)nc(N3CCOCC3)nc21. The summed E-state index contributed by atoms with van der Waals surface area (Å²) >= 11 is 0. The van der Waals surface area contributed by atoms with E-state index in [2.05, 4.69) is 16.8 Å². The summed E-state index contributed by atoms with van der Waals surface area (Å²) in [4.78, 5) is 16.2. The average Bonchev–Trinajstić information content (AvgIpc) is 2.97. The Bertz CT molecular complexity index is 710. The van der Waals surface area contributed by atoms with Crippen molar-refractivity contribution in [2.75, 3.05) is 36.9 Å². The molecule has 0 spiro atoms. The summed E-state index contributed by atoms with van der Waals surface area (Å²) in [6.07, 6.45) is 3.97. The zero-order valence-corrected chi connectivity index (χ0v) is 13.3. The Morgan fingerprint density at radius 1 is 1.22 bits per heavy atom. The Kier molecular flexibility index (Phi) is 3.61. The van der Waals surface area contributed by atoms with Crippen molar-refractivity contribution in [2.24, 2.45) is 0 Å². The lowest BCUT2D eigenvalue weighted by Gasteiger charge is -2.28. The van der Waals surface area contributed by atoms with Crippen molar-refractivity contribution in [3.8, 4) is 11.3 Å². The predicted octanol–water partition coefficient (Wildman–Crippen LogP) is 2.01. The summed E-state index contributed by atoms with van der Waals surface area (Å²) in [6.45, 7) is 5.38. The third-order valence-electron chi connectivity index (χ3n) is 4.68. The predicted molar refractivity (Wildman–Crippen MR) is 89.4 cm³/mol. The van der Waals surface area contributed by atoms with Crippen LogP contribution in [0, 0.1) is 0 Å². The molecule has 0 bridgehead atoms. The topological polar surface area (TPSA) is 77.2 Å². The molecule has 1 aliphatic carbocycles. The molecule has 2 aliphatic rings. The van der Waals surface area contributed by atoms with Crippen LogP contribution in [0.1, 0.15) is 30.5 Å². The molecule has 1 atom stereocenters. The highest BCUT2D eigenvalue weighted by molar-refractivity contribution is 5.67. The lowest BCUT2D eigenvalue weighted by atomic mass is 10.1. The monoisotopic (exact) mass is 311 g/mol. The number of ether oxygens (including phenoxy) is 1. The van der Waals surface area contributed by atoms with Gasteiger partial charge in [-0.05, 0) is 30.9 Å². The Labute approximate surface area is 135 Å². The van der Waals surface area contributed by atoms with Crippen molar-refractivity contribution in [2.45, 2.75) is 25.7 Å². The maximum absolute atomic E-state index is 5.72. The molecule has 0 radical (unpaired) electrons. The summed E-state index contributed by atoms with van der Waals surface area (Å²) in [6, 6.07) is 3.83. The van der Waals surface area contributed by atoms with Crippen molar-refractivity contribution in [3.05, 3.63) is 29.6 Å². The third-order valence-corrected chi connectivity index (χ3v) is 4.68. The number of morpholine rings is 1. The van der Waals surface area contributed by atoms with E-state index in [4.69, 9.17) is 20.4 Å². The van der Waals surface area contributed by atoms with Crippen LogP contribution in [0.3, 0.4) is 0 Å². The maximum atomic E-state index is 5.72. The van der Waals surface area contributed by atoms with Gasteiger partial charge in [0.2, 0.25) is 5.95 Å². The minimum Gasteiger partial charge on any atom is -0.384 e. The summed E-state index contributed by atoms with van der Waals surface area (Å²) in [5.41, 5.74) is 10.2.